The molecule has 1 N–H and O–H groups in total. The second-order valence-electron chi connectivity index (χ2n) is 7.86. The number of thiophene rings is 1. The molecule has 0 radical (unpaired) electrons. The number of aryl methyl sites for hydroxylation is 1. The predicted octanol–water partition coefficient (Wildman–Crippen LogP) is 4.47. The van der Waals surface area contributed by atoms with Gasteiger partial charge in [0.25, 0.3) is 5.91 Å². The van der Waals surface area contributed by atoms with Gasteiger partial charge in [0, 0.05) is 29.1 Å². The normalized spacial score (nSPS) is 19.1. The highest BCUT2D eigenvalue weighted by Gasteiger charge is 2.24. The van der Waals surface area contributed by atoms with Gasteiger partial charge in [0.05, 0.1) is 4.88 Å². The van der Waals surface area contributed by atoms with E-state index in [1.165, 1.54) is 36.4 Å². The Hall–Kier alpha value is -1.85. The Balaban J connectivity index is 1.35. The molecule has 5 heteroatoms. The molecule has 0 saturated carbocycles. The van der Waals surface area contributed by atoms with Crippen molar-refractivity contribution in [2.75, 3.05) is 26.2 Å². The van der Waals surface area contributed by atoms with Crippen LogP contribution in [-0.4, -0.2) is 37.0 Å². The van der Waals surface area contributed by atoms with Gasteiger partial charge in [0.2, 0.25) is 0 Å². The van der Waals surface area contributed by atoms with E-state index in [-0.39, 0.29) is 5.91 Å². The van der Waals surface area contributed by atoms with Crippen molar-refractivity contribution >= 4 is 17.2 Å². The molecule has 1 amide bonds. The van der Waals surface area contributed by atoms with Crippen molar-refractivity contribution in [2.24, 2.45) is 5.92 Å². The van der Waals surface area contributed by atoms with Crippen LogP contribution in [0.5, 0.6) is 5.75 Å². The quantitative estimate of drug-likeness (QED) is 0.774. The summed E-state index contributed by atoms with van der Waals surface area (Å²) in [5.74, 6) is 1.77. The van der Waals surface area contributed by atoms with Crippen molar-refractivity contribution in [3.05, 3.63) is 40.3 Å². The molecule has 4 nitrogen and oxygen atoms in total. The van der Waals surface area contributed by atoms with Gasteiger partial charge in [-0.25, -0.2) is 0 Å². The van der Waals surface area contributed by atoms with Crippen LogP contribution in [0, 0.1) is 12.8 Å². The van der Waals surface area contributed by atoms with Gasteiger partial charge in [-0.1, -0.05) is 19.1 Å². The van der Waals surface area contributed by atoms with E-state index in [9.17, 15) is 4.79 Å². The summed E-state index contributed by atoms with van der Waals surface area (Å²) in [5.41, 5.74) is 3.45. The fraction of sp³-hybridized carbons (Fsp3) is 0.500. The van der Waals surface area contributed by atoms with Crippen LogP contribution in [0.15, 0.2) is 24.3 Å². The smallest absolute Gasteiger partial charge is 0.261 e. The summed E-state index contributed by atoms with van der Waals surface area (Å²) in [7, 11) is 0. The van der Waals surface area contributed by atoms with Crippen LogP contribution in [0.25, 0.3) is 10.4 Å². The summed E-state index contributed by atoms with van der Waals surface area (Å²) in [5, 5.41) is 3.10. The van der Waals surface area contributed by atoms with Gasteiger partial charge < -0.3 is 15.0 Å². The second-order valence-corrected chi connectivity index (χ2v) is 8.91. The van der Waals surface area contributed by atoms with E-state index in [1.807, 2.05) is 18.2 Å². The molecule has 1 aromatic carbocycles. The molecule has 1 saturated heterocycles. The fourth-order valence-corrected chi connectivity index (χ4v) is 5.35. The molecule has 3 heterocycles. The lowest BCUT2D eigenvalue weighted by Crippen LogP contribution is -2.36. The Labute approximate surface area is 165 Å². The van der Waals surface area contributed by atoms with Gasteiger partial charge >= 0.3 is 0 Å². The molecule has 0 aliphatic carbocycles. The third kappa shape index (κ3) is 4.04. The summed E-state index contributed by atoms with van der Waals surface area (Å²) in [6, 6.07) is 8.12. The Kier molecular flexibility index (Phi) is 5.50. The lowest BCUT2D eigenvalue weighted by atomic mass is 10.0. The molecule has 0 unspecified atom stereocenters. The zero-order valence-electron chi connectivity index (χ0n) is 16.2. The summed E-state index contributed by atoms with van der Waals surface area (Å²) in [4.78, 5) is 17.1. The maximum absolute atomic E-state index is 12.6. The highest BCUT2D eigenvalue weighted by atomic mass is 32.1. The SMILES string of the molecule is Cc1cccc2c1-c1sc(C(=O)NCCCN3CCC[C@@H](C)C3)cc1CO2. The van der Waals surface area contributed by atoms with Crippen LogP contribution >= 0.6 is 11.3 Å². The molecular weight excluding hydrogens is 356 g/mol. The maximum Gasteiger partial charge on any atom is 0.261 e. The molecular formula is C22H28N2O2S. The molecule has 0 bridgehead atoms. The highest BCUT2D eigenvalue weighted by molar-refractivity contribution is 7.17. The standard InChI is InChI=1S/C22H28N2O2S/c1-15-6-4-10-24(13-15)11-5-9-23-22(25)19-12-17-14-26-18-8-3-7-16(2)20(18)21(17)27-19/h3,7-8,12,15H,4-6,9-11,13-14H2,1-2H3,(H,23,25)/t15-/m1/s1. The first-order valence-electron chi connectivity index (χ1n) is 9.98. The van der Waals surface area contributed by atoms with Crippen molar-refractivity contribution in [3.63, 3.8) is 0 Å². The second kappa shape index (κ2) is 8.03. The number of rotatable bonds is 5. The van der Waals surface area contributed by atoms with Crippen LogP contribution in [0.3, 0.4) is 0 Å². The zero-order chi connectivity index (χ0) is 18.8. The highest BCUT2D eigenvalue weighted by Crippen LogP contribution is 2.44. The summed E-state index contributed by atoms with van der Waals surface area (Å²) >= 11 is 1.58. The minimum absolute atomic E-state index is 0.0385. The molecule has 2 aromatic rings. The largest absolute Gasteiger partial charge is 0.488 e. The van der Waals surface area contributed by atoms with E-state index in [1.54, 1.807) is 11.3 Å². The van der Waals surface area contributed by atoms with Crippen molar-refractivity contribution in [3.8, 4) is 16.2 Å². The number of carbonyl (C=O) groups is 1. The zero-order valence-corrected chi connectivity index (χ0v) is 17.0. The minimum atomic E-state index is 0.0385. The van der Waals surface area contributed by atoms with E-state index in [0.29, 0.717) is 6.61 Å². The Morgan fingerprint density at radius 2 is 2.30 bits per heavy atom. The average Bonchev–Trinajstić information content (AvgIpc) is 3.10. The number of amides is 1. The third-order valence-corrected chi connectivity index (χ3v) is 6.75. The Bertz CT molecular complexity index is 830. The van der Waals surface area contributed by atoms with Crippen molar-refractivity contribution in [2.45, 2.75) is 39.7 Å². The number of nitrogens with zero attached hydrogens (tertiary/aromatic N) is 1. The third-order valence-electron chi connectivity index (χ3n) is 5.56. The number of nitrogens with one attached hydrogen (secondary N) is 1. The van der Waals surface area contributed by atoms with E-state index in [0.717, 1.165) is 47.2 Å². The predicted molar refractivity (Wildman–Crippen MR) is 111 cm³/mol. The lowest BCUT2D eigenvalue weighted by molar-refractivity contribution is 0.0954. The number of benzene rings is 1. The lowest BCUT2D eigenvalue weighted by Gasteiger charge is -2.30. The number of hydrogen-bond donors (Lipinski definition) is 1. The van der Waals surface area contributed by atoms with Gasteiger partial charge in [0.15, 0.2) is 0 Å². The van der Waals surface area contributed by atoms with E-state index >= 15 is 0 Å². The maximum atomic E-state index is 12.6. The van der Waals surface area contributed by atoms with Crippen molar-refractivity contribution in [1.82, 2.24) is 10.2 Å². The van der Waals surface area contributed by atoms with Crippen molar-refractivity contribution in [1.29, 1.82) is 0 Å². The fourth-order valence-electron chi connectivity index (χ4n) is 4.15. The molecule has 4 rings (SSSR count). The number of fused-ring (bicyclic) bond motifs is 3. The van der Waals surface area contributed by atoms with Gasteiger partial charge in [-0.3, -0.25) is 4.79 Å². The minimum Gasteiger partial charge on any atom is -0.488 e. The number of hydrogen-bond acceptors (Lipinski definition) is 4. The van der Waals surface area contributed by atoms with Gasteiger partial charge in [0.1, 0.15) is 12.4 Å². The summed E-state index contributed by atoms with van der Waals surface area (Å²) in [6.45, 7) is 9.18. The van der Waals surface area contributed by atoms with Gasteiger partial charge in [-0.05, 0) is 62.9 Å². The van der Waals surface area contributed by atoms with Gasteiger partial charge in [-0.2, -0.15) is 0 Å². The van der Waals surface area contributed by atoms with E-state index in [2.05, 4.69) is 30.1 Å². The van der Waals surface area contributed by atoms with Crippen LogP contribution < -0.4 is 10.1 Å². The molecule has 0 spiro atoms. The monoisotopic (exact) mass is 384 g/mol. The molecule has 27 heavy (non-hydrogen) atoms. The van der Waals surface area contributed by atoms with Gasteiger partial charge in [-0.15, -0.1) is 11.3 Å². The van der Waals surface area contributed by atoms with E-state index < -0.39 is 0 Å². The molecule has 1 fully saturated rings. The molecule has 2 aliphatic rings. The molecule has 144 valence electrons. The summed E-state index contributed by atoms with van der Waals surface area (Å²) in [6.07, 6.45) is 3.66. The molecule has 2 aliphatic heterocycles. The van der Waals surface area contributed by atoms with Crippen molar-refractivity contribution < 1.29 is 9.53 Å². The van der Waals surface area contributed by atoms with Crippen LogP contribution in [0.4, 0.5) is 0 Å². The number of carbonyl (C=O) groups excluding carboxylic acids is 1. The first-order valence-corrected chi connectivity index (χ1v) is 10.8. The number of piperidine rings is 1. The first kappa shape index (κ1) is 18.5. The van der Waals surface area contributed by atoms with Crippen LogP contribution in [0.2, 0.25) is 0 Å². The Morgan fingerprint density at radius 1 is 1.41 bits per heavy atom. The van der Waals surface area contributed by atoms with Crippen LogP contribution in [-0.2, 0) is 6.61 Å². The number of ether oxygens (including phenoxy) is 1. The molecule has 1 aromatic heterocycles. The molecule has 1 atom stereocenters. The van der Waals surface area contributed by atoms with Crippen LogP contribution in [0.1, 0.15) is 47.0 Å². The summed E-state index contributed by atoms with van der Waals surface area (Å²) < 4.78 is 5.87. The Morgan fingerprint density at radius 3 is 3.15 bits per heavy atom. The first-order chi connectivity index (χ1) is 13.1. The number of likely N-dealkylation sites (tertiary alicyclic amines) is 1. The average molecular weight is 385 g/mol. The van der Waals surface area contributed by atoms with E-state index in [4.69, 9.17) is 4.74 Å². The topological polar surface area (TPSA) is 41.6 Å².